The van der Waals surface area contributed by atoms with Gasteiger partial charge in [0.15, 0.2) is 0 Å². The Morgan fingerprint density at radius 3 is 2.23 bits per heavy atom. The minimum Gasteiger partial charge on any atom is -0.395 e. The maximum Gasteiger partial charge on any atom is 0.0637 e. The van der Waals surface area contributed by atoms with E-state index in [0.29, 0.717) is 6.04 Å². The lowest BCUT2D eigenvalue weighted by Crippen LogP contribution is -2.41. The van der Waals surface area contributed by atoms with Gasteiger partial charge in [0.25, 0.3) is 0 Å². The summed E-state index contributed by atoms with van der Waals surface area (Å²) in [5.41, 5.74) is -0.0956. The van der Waals surface area contributed by atoms with Crippen molar-refractivity contribution in [2.24, 2.45) is 0 Å². The van der Waals surface area contributed by atoms with Crippen LogP contribution in [0.2, 0.25) is 0 Å². The molecule has 0 aromatic heterocycles. The lowest BCUT2D eigenvalue weighted by Gasteiger charge is -2.28. The number of aliphatic hydroxyl groups excluding tert-OH is 1. The lowest BCUT2D eigenvalue weighted by atomic mass is 9.99. The quantitative estimate of drug-likeness (QED) is 0.659. The van der Waals surface area contributed by atoms with Crippen molar-refractivity contribution in [2.75, 3.05) is 13.7 Å². The smallest absolute Gasteiger partial charge is 0.0637 e. The maximum absolute atomic E-state index is 8.85. The van der Waals surface area contributed by atoms with Crippen molar-refractivity contribution < 1.29 is 9.84 Å². The highest BCUT2D eigenvalue weighted by Gasteiger charge is 2.20. The maximum atomic E-state index is 8.85. The van der Waals surface area contributed by atoms with Gasteiger partial charge in [0, 0.05) is 19.2 Å². The highest BCUT2D eigenvalue weighted by molar-refractivity contribution is 4.76. The summed E-state index contributed by atoms with van der Waals surface area (Å²) in [7, 11) is 1.72. The van der Waals surface area contributed by atoms with E-state index in [1.807, 2.05) is 6.92 Å². The van der Waals surface area contributed by atoms with Gasteiger partial charge < -0.3 is 15.2 Å². The standard InChI is InChI=1S/C10H23NO2/c1-8(11-9(2)7-12)6-10(3,4)13-5/h8-9,11-12H,6-7H2,1-5H3/t8-,9+/m0/s1. The zero-order chi connectivity index (χ0) is 10.5. The van der Waals surface area contributed by atoms with Crippen LogP contribution >= 0.6 is 0 Å². The summed E-state index contributed by atoms with van der Waals surface area (Å²) in [6, 6.07) is 0.514. The molecule has 13 heavy (non-hydrogen) atoms. The first kappa shape index (κ1) is 12.9. The van der Waals surface area contributed by atoms with Gasteiger partial charge in [-0.2, -0.15) is 0 Å². The molecule has 0 heterocycles. The third kappa shape index (κ3) is 6.02. The van der Waals surface area contributed by atoms with Crippen molar-refractivity contribution >= 4 is 0 Å². The van der Waals surface area contributed by atoms with Crippen LogP contribution in [0.3, 0.4) is 0 Å². The molecule has 0 aromatic rings. The monoisotopic (exact) mass is 189 g/mol. The summed E-state index contributed by atoms with van der Waals surface area (Å²) >= 11 is 0. The molecule has 0 aliphatic heterocycles. The van der Waals surface area contributed by atoms with Gasteiger partial charge in [-0.05, 0) is 34.1 Å². The molecule has 0 unspecified atom stereocenters. The fourth-order valence-corrected chi connectivity index (χ4v) is 1.42. The largest absolute Gasteiger partial charge is 0.395 e. The van der Waals surface area contributed by atoms with Crippen molar-refractivity contribution in [1.82, 2.24) is 5.32 Å². The Kier molecular flexibility index (Phi) is 5.53. The molecular weight excluding hydrogens is 166 g/mol. The second kappa shape index (κ2) is 5.58. The Hall–Kier alpha value is -0.120. The van der Waals surface area contributed by atoms with Gasteiger partial charge in [-0.3, -0.25) is 0 Å². The molecule has 0 saturated carbocycles. The van der Waals surface area contributed by atoms with Crippen LogP contribution in [0, 0.1) is 0 Å². The predicted octanol–water partition coefficient (Wildman–Crippen LogP) is 1.16. The van der Waals surface area contributed by atoms with Crippen molar-refractivity contribution in [3.63, 3.8) is 0 Å². The molecule has 80 valence electrons. The first-order valence-corrected chi connectivity index (χ1v) is 4.83. The topological polar surface area (TPSA) is 41.5 Å². The molecule has 0 spiro atoms. The molecule has 0 fully saturated rings. The average Bonchev–Trinajstić information content (AvgIpc) is 2.03. The number of ether oxygens (including phenoxy) is 1. The summed E-state index contributed by atoms with van der Waals surface area (Å²) in [4.78, 5) is 0. The van der Waals surface area contributed by atoms with Crippen LogP contribution in [0.5, 0.6) is 0 Å². The second-order valence-electron chi connectivity index (χ2n) is 4.32. The summed E-state index contributed by atoms with van der Waals surface area (Å²) in [5, 5.41) is 12.1. The number of aliphatic hydroxyl groups is 1. The molecule has 0 aliphatic rings. The van der Waals surface area contributed by atoms with Crippen LogP contribution in [0.4, 0.5) is 0 Å². The Labute approximate surface area is 81.5 Å². The van der Waals surface area contributed by atoms with Crippen LogP contribution in [-0.2, 0) is 4.74 Å². The molecule has 0 amide bonds. The van der Waals surface area contributed by atoms with Crippen molar-refractivity contribution in [3.05, 3.63) is 0 Å². The van der Waals surface area contributed by atoms with Gasteiger partial charge in [0.2, 0.25) is 0 Å². The minimum atomic E-state index is -0.0956. The fourth-order valence-electron chi connectivity index (χ4n) is 1.42. The Bertz CT molecular complexity index is 137. The number of nitrogens with one attached hydrogen (secondary N) is 1. The molecule has 0 aliphatic carbocycles. The third-order valence-electron chi connectivity index (χ3n) is 2.19. The number of methoxy groups -OCH3 is 1. The SMILES string of the molecule is COC(C)(C)C[C@H](C)N[C@H](C)CO. The van der Waals surface area contributed by atoms with E-state index >= 15 is 0 Å². The van der Waals surface area contributed by atoms with E-state index in [2.05, 4.69) is 26.1 Å². The Balaban J connectivity index is 3.79. The van der Waals surface area contributed by atoms with Crippen molar-refractivity contribution in [1.29, 1.82) is 0 Å². The van der Waals surface area contributed by atoms with Crippen LogP contribution < -0.4 is 5.32 Å². The molecule has 3 nitrogen and oxygen atoms in total. The van der Waals surface area contributed by atoms with Gasteiger partial charge in [-0.25, -0.2) is 0 Å². The van der Waals surface area contributed by atoms with Crippen LogP contribution in [-0.4, -0.2) is 36.5 Å². The van der Waals surface area contributed by atoms with Crippen LogP contribution in [0.1, 0.15) is 34.1 Å². The number of hydrogen-bond acceptors (Lipinski definition) is 3. The predicted molar refractivity (Wildman–Crippen MR) is 54.9 cm³/mol. The molecule has 2 N–H and O–H groups in total. The van der Waals surface area contributed by atoms with Gasteiger partial charge in [0.05, 0.1) is 12.2 Å². The average molecular weight is 189 g/mol. The van der Waals surface area contributed by atoms with Crippen molar-refractivity contribution in [2.45, 2.75) is 51.8 Å². The molecule has 0 saturated heterocycles. The molecule has 2 atom stereocenters. The summed E-state index contributed by atoms with van der Waals surface area (Å²) in [6.45, 7) is 8.38. The summed E-state index contributed by atoms with van der Waals surface area (Å²) in [6.07, 6.45) is 0.938. The first-order valence-electron chi connectivity index (χ1n) is 4.83. The van der Waals surface area contributed by atoms with Crippen LogP contribution in [0.25, 0.3) is 0 Å². The van der Waals surface area contributed by atoms with Crippen LogP contribution in [0.15, 0.2) is 0 Å². The Morgan fingerprint density at radius 2 is 1.85 bits per heavy atom. The first-order chi connectivity index (χ1) is 5.91. The van der Waals surface area contributed by atoms with Crippen molar-refractivity contribution in [3.8, 4) is 0 Å². The summed E-state index contributed by atoms with van der Waals surface area (Å²) in [5.74, 6) is 0. The van der Waals surface area contributed by atoms with Gasteiger partial charge in [-0.1, -0.05) is 0 Å². The Morgan fingerprint density at radius 1 is 1.31 bits per heavy atom. The molecule has 0 rings (SSSR count). The van der Waals surface area contributed by atoms with E-state index in [9.17, 15) is 0 Å². The molecular formula is C10H23NO2. The van der Waals surface area contributed by atoms with Gasteiger partial charge >= 0.3 is 0 Å². The van der Waals surface area contributed by atoms with E-state index < -0.39 is 0 Å². The van der Waals surface area contributed by atoms with Gasteiger partial charge in [-0.15, -0.1) is 0 Å². The number of rotatable bonds is 6. The van der Waals surface area contributed by atoms with E-state index in [1.165, 1.54) is 0 Å². The fraction of sp³-hybridized carbons (Fsp3) is 1.00. The molecule has 0 bridgehead atoms. The third-order valence-corrected chi connectivity index (χ3v) is 2.19. The molecule has 0 aromatic carbocycles. The summed E-state index contributed by atoms with van der Waals surface area (Å²) < 4.78 is 5.32. The normalized spacial score (nSPS) is 17.1. The zero-order valence-electron chi connectivity index (χ0n) is 9.42. The molecule has 0 radical (unpaired) electrons. The van der Waals surface area contributed by atoms with E-state index in [0.717, 1.165) is 6.42 Å². The minimum absolute atomic E-state index is 0.0956. The van der Waals surface area contributed by atoms with E-state index in [-0.39, 0.29) is 18.2 Å². The van der Waals surface area contributed by atoms with E-state index in [4.69, 9.17) is 9.84 Å². The van der Waals surface area contributed by atoms with Gasteiger partial charge in [0.1, 0.15) is 0 Å². The second-order valence-corrected chi connectivity index (χ2v) is 4.32. The molecule has 3 heteroatoms. The lowest BCUT2D eigenvalue weighted by molar-refractivity contribution is 0.00725. The van der Waals surface area contributed by atoms with E-state index in [1.54, 1.807) is 7.11 Å². The highest BCUT2D eigenvalue weighted by Crippen LogP contribution is 2.15. The number of hydrogen-bond donors (Lipinski definition) is 2. The highest BCUT2D eigenvalue weighted by atomic mass is 16.5. The zero-order valence-corrected chi connectivity index (χ0v) is 9.42.